The van der Waals surface area contributed by atoms with Gasteiger partial charge < -0.3 is 4.74 Å². The minimum atomic E-state index is 0.629. The molecular weight excluding hydrogens is 214 g/mol. The standard InChI is InChI=1S/C14H13NO2/c1-2-17-13-5-3-12(4-6-13)14-9-11(10-16)7-8-15-14/h3-10H,2H2,1H3. The van der Waals surface area contributed by atoms with Crippen LogP contribution in [0.5, 0.6) is 5.75 Å². The number of aromatic nitrogens is 1. The predicted molar refractivity (Wildman–Crippen MR) is 66.2 cm³/mol. The second-order valence-corrected chi connectivity index (χ2v) is 3.55. The number of ether oxygens (including phenoxy) is 1. The highest BCUT2D eigenvalue weighted by Crippen LogP contribution is 2.21. The molecule has 0 saturated heterocycles. The third-order valence-corrected chi connectivity index (χ3v) is 2.38. The highest BCUT2D eigenvalue weighted by atomic mass is 16.5. The molecule has 0 N–H and O–H groups in total. The molecule has 0 atom stereocenters. The number of nitrogens with zero attached hydrogens (tertiary/aromatic N) is 1. The normalized spacial score (nSPS) is 9.94. The first kappa shape index (κ1) is 11.3. The number of benzene rings is 1. The van der Waals surface area contributed by atoms with Crippen molar-refractivity contribution in [2.75, 3.05) is 6.61 Å². The molecule has 0 bridgehead atoms. The zero-order chi connectivity index (χ0) is 12.1. The second-order valence-electron chi connectivity index (χ2n) is 3.55. The van der Waals surface area contributed by atoms with Crippen LogP contribution < -0.4 is 4.74 Å². The highest BCUT2D eigenvalue weighted by Gasteiger charge is 2.01. The summed E-state index contributed by atoms with van der Waals surface area (Å²) in [4.78, 5) is 14.9. The molecule has 3 heteroatoms. The summed E-state index contributed by atoms with van der Waals surface area (Å²) in [7, 11) is 0. The van der Waals surface area contributed by atoms with Crippen LogP contribution in [0.15, 0.2) is 42.6 Å². The monoisotopic (exact) mass is 227 g/mol. The minimum absolute atomic E-state index is 0.629. The summed E-state index contributed by atoms with van der Waals surface area (Å²) >= 11 is 0. The van der Waals surface area contributed by atoms with Crippen LogP contribution >= 0.6 is 0 Å². The zero-order valence-corrected chi connectivity index (χ0v) is 9.59. The summed E-state index contributed by atoms with van der Waals surface area (Å²) in [5.74, 6) is 0.836. The van der Waals surface area contributed by atoms with Crippen LogP contribution in [0.25, 0.3) is 11.3 Å². The summed E-state index contributed by atoms with van der Waals surface area (Å²) in [6.45, 7) is 2.60. The maximum Gasteiger partial charge on any atom is 0.150 e. The van der Waals surface area contributed by atoms with Crippen molar-refractivity contribution in [3.8, 4) is 17.0 Å². The predicted octanol–water partition coefficient (Wildman–Crippen LogP) is 2.96. The topological polar surface area (TPSA) is 39.2 Å². The molecule has 0 saturated carbocycles. The molecule has 0 spiro atoms. The van der Waals surface area contributed by atoms with E-state index in [9.17, 15) is 4.79 Å². The van der Waals surface area contributed by atoms with Crippen LogP contribution in [0.3, 0.4) is 0 Å². The van der Waals surface area contributed by atoms with Gasteiger partial charge in [0.2, 0.25) is 0 Å². The molecule has 17 heavy (non-hydrogen) atoms. The van der Waals surface area contributed by atoms with E-state index < -0.39 is 0 Å². The molecular formula is C14H13NO2. The van der Waals surface area contributed by atoms with Gasteiger partial charge in [-0.3, -0.25) is 9.78 Å². The molecule has 1 heterocycles. The lowest BCUT2D eigenvalue weighted by molar-refractivity contribution is 0.112. The smallest absolute Gasteiger partial charge is 0.150 e. The Balaban J connectivity index is 2.29. The summed E-state index contributed by atoms with van der Waals surface area (Å²) in [5.41, 5.74) is 2.39. The van der Waals surface area contributed by atoms with Gasteiger partial charge in [0.05, 0.1) is 12.3 Å². The Morgan fingerprint density at radius 2 is 2.00 bits per heavy atom. The molecule has 1 aromatic carbocycles. The van der Waals surface area contributed by atoms with Gasteiger partial charge >= 0.3 is 0 Å². The molecule has 0 aliphatic carbocycles. The van der Waals surface area contributed by atoms with E-state index in [1.807, 2.05) is 31.2 Å². The summed E-state index contributed by atoms with van der Waals surface area (Å²) in [6.07, 6.45) is 2.45. The Kier molecular flexibility index (Phi) is 3.50. The molecule has 3 nitrogen and oxygen atoms in total. The summed E-state index contributed by atoms with van der Waals surface area (Å²) < 4.78 is 5.37. The fraction of sp³-hybridized carbons (Fsp3) is 0.143. The first-order valence-corrected chi connectivity index (χ1v) is 5.48. The van der Waals surface area contributed by atoms with Crippen LogP contribution in [0.2, 0.25) is 0 Å². The van der Waals surface area contributed by atoms with Crippen LogP contribution in [0, 0.1) is 0 Å². The van der Waals surface area contributed by atoms with Gasteiger partial charge in [0.15, 0.2) is 0 Å². The van der Waals surface area contributed by atoms with Gasteiger partial charge in [-0.1, -0.05) is 0 Å². The van der Waals surface area contributed by atoms with E-state index in [1.54, 1.807) is 18.3 Å². The number of aldehydes is 1. The van der Waals surface area contributed by atoms with Crippen molar-refractivity contribution in [1.29, 1.82) is 0 Å². The van der Waals surface area contributed by atoms with Crippen LogP contribution in [-0.2, 0) is 0 Å². The largest absolute Gasteiger partial charge is 0.494 e. The third kappa shape index (κ3) is 2.69. The maximum atomic E-state index is 10.7. The zero-order valence-electron chi connectivity index (χ0n) is 9.59. The van der Waals surface area contributed by atoms with Crippen molar-refractivity contribution < 1.29 is 9.53 Å². The number of rotatable bonds is 4. The Hall–Kier alpha value is -2.16. The van der Waals surface area contributed by atoms with Gasteiger partial charge in [-0.15, -0.1) is 0 Å². The SMILES string of the molecule is CCOc1ccc(-c2cc(C=O)ccn2)cc1. The van der Waals surface area contributed by atoms with Crippen LogP contribution in [0.1, 0.15) is 17.3 Å². The van der Waals surface area contributed by atoms with Crippen molar-refractivity contribution in [1.82, 2.24) is 4.98 Å². The van der Waals surface area contributed by atoms with Crippen LogP contribution in [-0.4, -0.2) is 17.9 Å². The molecule has 2 aromatic rings. The summed E-state index contributed by atoms with van der Waals surface area (Å²) in [6, 6.07) is 11.1. The number of carbonyl (C=O) groups excluding carboxylic acids is 1. The average molecular weight is 227 g/mol. The Bertz CT molecular complexity index is 506. The lowest BCUT2D eigenvalue weighted by atomic mass is 10.1. The van der Waals surface area contributed by atoms with E-state index >= 15 is 0 Å². The Labute approximate surface area is 100 Å². The second kappa shape index (κ2) is 5.25. The lowest BCUT2D eigenvalue weighted by Crippen LogP contribution is -1.91. The molecule has 0 unspecified atom stereocenters. The molecule has 0 aliphatic rings. The lowest BCUT2D eigenvalue weighted by Gasteiger charge is -2.04. The average Bonchev–Trinajstić information content (AvgIpc) is 2.40. The van der Waals surface area contributed by atoms with E-state index in [0.29, 0.717) is 12.2 Å². The fourth-order valence-corrected chi connectivity index (χ4v) is 1.57. The van der Waals surface area contributed by atoms with Crippen molar-refractivity contribution in [3.05, 3.63) is 48.2 Å². The quantitative estimate of drug-likeness (QED) is 0.754. The molecule has 1 aromatic heterocycles. The molecule has 0 amide bonds. The number of hydrogen-bond donors (Lipinski definition) is 0. The van der Waals surface area contributed by atoms with Gasteiger partial charge in [0, 0.05) is 17.3 Å². The number of pyridine rings is 1. The van der Waals surface area contributed by atoms with Gasteiger partial charge in [-0.25, -0.2) is 0 Å². The number of hydrogen-bond acceptors (Lipinski definition) is 3. The van der Waals surface area contributed by atoms with Crippen molar-refractivity contribution in [2.24, 2.45) is 0 Å². The third-order valence-electron chi connectivity index (χ3n) is 2.38. The van der Waals surface area contributed by atoms with Gasteiger partial charge in [0.25, 0.3) is 0 Å². The van der Waals surface area contributed by atoms with Gasteiger partial charge in [-0.2, -0.15) is 0 Å². The molecule has 0 aliphatic heterocycles. The Morgan fingerprint density at radius 1 is 1.24 bits per heavy atom. The van der Waals surface area contributed by atoms with Crippen molar-refractivity contribution >= 4 is 6.29 Å². The summed E-state index contributed by atoms with van der Waals surface area (Å²) in [5, 5.41) is 0. The van der Waals surface area contributed by atoms with E-state index in [-0.39, 0.29) is 0 Å². The highest BCUT2D eigenvalue weighted by molar-refractivity contribution is 5.77. The van der Waals surface area contributed by atoms with Crippen molar-refractivity contribution in [3.63, 3.8) is 0 Å². The molecule has 0 fully saturated rings. The van der Waals surface area contributed by atoms with Gasteiger partial charge in [0.1, 0.15) is 12.0 Å². The first-order valence-electron chi connectivity index (χ1n) is 5.48. The fourth-order valence-electron chi connectivity index (χ4n) is 1.57. The maximum absolute atomic E-state index is 10.7. The first-order chi connectivity index (χ1) is 8.33. The van der Waals surface area contributed by atoms with Crippen molar-refractivity contribution in [2.45, 2.75) is 6.92 Å². The number of carbonyl (C=O) groups is 1. The van der Waals surface area contributed by atoms with E-state index in [2.05, 4.69) is 4.98 Å². The van der Waals surface area contributed by atoms with E-state index in [1.165, 1.54) is 0 Å². The molecule has 86 valence electrons. The van der Waals surface area contributed by atoms with E-state index in [0.717, 1.165) is 23.3 Å². The Morgan fingerprint density at radius 3 is 2.65 bits per heavy atom. The molecule has 2 rings (SSSR count). The van der Waals surface area contributed by atoms with Gasteiger partial charge in [-0.05, 0) is 43.3 Å². The van der Waals surface area contributed by atoms with Crippen LogP contribution in [0.4, 0.5) is 0 Å². The molecule has 0 radical (unpaired) electrons. The minimum Gasteiger partial charge on any atom is -0.494 e. The van der Waals surface area contributed by atoms with E-state index in [4.69, 9.17) is 4.74 Å².